The minimum absolute atomic E-state index is 0.283. The van der Waals surface area contributed by atoms with E-state index in [4.69, 9.17) is 5.73 Å². The number of nitrogen functional groups attached to an aromatic ring is 1. The van der Waals surface area contributed by atoms with E-state index < -0.39 is 5.97 Å². The number of hydrogen-bond acceptors (Lipinski definition) is 4. The summed E-state index contributed by atoms with van der Waals surface area (Å²) in [6.07, 6.45) is 6.92. The van der Waals surface area contributed by atoms with Crippen LogP contribution >= 0.6 is 22.7 Å². The van der Waals surface area contributed by atoms with E-state index >= 15 is 0 Å². The summed E-state index contributed by atoms with van der Waals surface area (Å²) in [5, 5.41) is 9.28. The quantitative estimate of drug-likeness (QED) is 0.813. The van der Waals surface area contributed by atoms with Crippen molar-refractivity contribution in [1.29, 1.82) is 0 Å². The van der Waals surface area contributed by atoms with Crippen molar-refractivity contribution >= 4 is 34.3 Å². The lowest BCUT2D eigenvalue weighted by molar-refractivity contribution is 0.0703. The van der Waals surface area contributed by atoms with Crippen LogP contribution in [0, 0.1) is 0 Å². The van der Waals surface area contributed by atoms with Crippen molar-refractivity contribution in [3.05, 3.63) is 26.9 Å². The first kappa shape index (κ1) is 14.6. The molecule has 3 rings (SSSR count). The molecule has 0 bridgehead atoms. The third-order valence-corrected chi connectivity index (χ3v) is 6.72. The van der Waals surface area contributed by atoms with E-state index in [1.165, 1.54) is 45.9 Å². The monoisotopic (exact) mass is 321 g/mol. The lowest BCUT2D eigenvalue weighted by atomic mass is 10.1. The van der Waals surface area contributed by atoms with Crippen LogP contribution in [0.25, 0.3) is 9.75 Å². The first-order valence-corrected chi connectivity index (χ1v) is 9.01. The molecule has 0 atom stereocenters. The van der Waals surface area contributed by atoms with Gasteiger partial charge in [-0.3, -0.25) is 0 Å². The Balaban J connectivity index is 2.08. The van der Waals surface area contributed by atoms with Gasteiger partial charge in [0.15, 0.2) is 0 Å². The summed E-state index contributed by atoms with van der Waals surface area (Å²) in [4.78, 5) is 15.3. The highest BCUT2D eigenvalue weighted by atomic mass is 32.1. The van der Waals surface area contributed by atoms with Gasteiger partial charge in [0.05, 0.1) is 10.6 Å². The van der Waals surface area contributed by atoms with Gasteiger partial charge in [-0.2, -0.15) is 0 Å². The number of hydrogen-bond donors (Lipinski definition) is 2. The Labute approximate surface area is 132 Å². The van der Waals surface area contributed by atoms with Gasteiger partial charge in [-0.05, 0) is 49.3 Å². The van der Waals surface area contributed by atoms with E-state index in [2.05, 4.69) is 6.07 Å². The molecule has 0 aromatic carbocycles. The van der Waals surface area contributed by atoms with Crippen LogP contribution in [0.5, 0.6) is 0 Å². The average Bonchev–Trinajstić information content (AvgIpc) is 2.93. The number of carboxylic acids is 1. The van der Waals surface area contributed by atoms with E-state index in [0.29, 0.717) is 5.69 Å². The highest BCUT2D eigenvalue weighted by Gasteiger charge is 2.22. The van der Waals surface area contributed by atoms with Gasteiger partial charge >= 0.3 is 5.97 Å². The fourth-order valence-corrected chi connectivity index (χ4v) is 5.50. The molecule has 3 nitrogen and oxygen atoms in total. The summed E-state index contributed by atoms with van der Waals surface area (Å²) >= 11 is 3.15. The Kier molecular flexibility index (Phi) is 4.04. The SMILES string of the molecule is CCc1c(-c2cc3c(s2)CCCCC3)sc(C(=O)O)c1N. The maximum absolute atomic E-state index is 11.3. The van der Waals surface area contributed by atoms with Crippen LogP contribution in [-0.2, 0) is 19.3 Å². The molecule has 2 aromatic heterocycles. The average molecular weight is 321 g/mol. The van der Waals surface area contributed by atoms with Crippen molar-refractivity contribution in [2.24, 2.45) is 0 Å². The van der Waals surface area contributed by atoms with Gasteiger partial charge in [0.1, 0.15) is 4.88 Å². The molecule has 0 unspecified atom stereocenters. The predicted octanol–water partition coefficient (Wildman–Crippen LogP) is 4.59. The van der Waals surface area contributed by atoms with Crippen molar-refractivity contribution in [2.75, 3.05) is 5.73 Å². The van der Waals surface area contributed by atoms with Gasteiger partial charge in [0.25, 0.3) is 0 Å². The molecule has 0 saturated heterocycles. The Morgan fingerprint density at radius 3 is 2.76 bits per heavy atom. The van der Waals surface area contributed by atoms with E-state index in [9.17, 15) is 9.90 Å². The number of aryl methyl sites for hydroxylation is 2. The van der Waals surface area contributed by atoms with E-state index in [1.807, 2.05) is 18.3 Å². The molecular weight excluding hydrogens is 302 g/mol. The fourth-order valence-electron chi connectivity index (χ4n) is 2.97. The number of nitrogens with two attached hydrogens (primary N) is 1. The molecule has 2 heterocycles. The third kappa shape index (κ3) is 2.60. The third-order valence-electron chi connectivity index (χ3n) is 4.07. The summed E-state index contributed by atoms with van der Waals surface area (Å²) < 4.78 is 0. The van der Waals surface area contributed by atoms with Crippen LogP contribution in [0.15, 0.2) is 6.07 Å². The normalized spacial score (nSPS) is 14.7. The first-order valence-electron chi connectivity index (χ1n) is 7.38. The summed E-state index contributed by atoms with van der Waals surface area (Å²) in [7, 11) is 0. The topological polar surface area (TPSA) is 63.3 Å². The molecule has 0 amide bonds. The van der Waals surface area contributed by atoms with Crippen molar-refractivity contribution in [1.82, 2.24) is 0 Å². The second-order valence-electron chi connectivity index (χ2n) is 5.43. The zero-order chi connectivity index (χ0) is 15.0. The molecule has 21 heavy (non-hydrogen) atoms. The second kappa shape index (κ2) is 5.81. The molecular formula is C16H19NO2S2. The highest BCUT2D eigenvalue weighted by Crippen LogP contribution is 2.44. The van der Waals surface area contributed by atoms with Crippen molar-refractivity contribution in [3.8, 4) is 9.75 Å². The van der Waals surface area contributed by atoms with Gasteiger partial charge < -0.3 is 10.8 Å². The van der Waals surface area contributed by atoms with E-state index in [1.54, 1.807) is 0 Å². The zero-order valence-electron chi connectivity index (χ0n) is 12.1. The Morgan fingerprint density at radius 2 is 2.05 bits per heavy atom. The molecule has 0 radical (unpaired) electrons. The lowest BCUT2D eigenvalue weighted by Gasteiger charge is -1.99. The van der Waals surface area contributed by atoms with Crippen LogP contribution < -0.4 is 5.73 Å². The number of thiophene rings is 2. The molecule has 0 fully saturated rings. The van der Waals surface area contributed by atoms with Crippen LogP contribution in [0.1, 0.15) is 51.9 Å². The molecule has 0 aliphatic heterocycles. The van der Waals surface area contributed by atoms with Gasteiger partial charge in [0, 0.05) is 9.75 Å². The summed E-state index contributed by atoms with van der Waals surface area (Å²) in [6.45, 7) is 2.03. The number of carbonyl (C=O) groups is 1. The summed E-state index contributed by atoms with van der Waals surface area (Å²) in [6, 6.07) is 2.27. The fraction of sp³-hybridized carbons (Fsp3) is 0.438. The van der Waals surface area contributed by atoms with Crippen LogP contribution in [-0.4, -0.2) is 11.1 Å². The van der Waals surface area contributed by atoms with Crippen molar-refractivity contribution < 1.29 is 9.90 Å². The van der Waals surface area contributed by atoms with Gasteiger partial charge in [-0.1, -0.05) is 13.3 Å². The number of aromatic carboxylic acids is 1. The molecule has 0 spiro atoms. The molecule has 112 valence electrons. The maximum Gasteiger partial charge on any atom is 0.348 e. The van der Waals surface area contributed by atoms with Crippen molar-refractivity contribution in [2.45, 2.75) is 45.4 Å². The smallest absolute Gasteiger partial charge is 0.348 e. The Bertz CT molecular complexity index is 661. The summed E-state index contributed by atoms with van der Waals surface area (Å²) in [5.41, 5.74) is 8.94. The van der Waals surface area contributed by atoms with E-state index in [-0.39, 0.29) is 4.88 Å². The standard InChI is InChI=1S/C16H19NO2S2/c1-2-10-13(17)15(16(18)19)21-14(10)12-8-9-6-4-3-5-7-11(9)20-12/h8H,2-7,17H2,1H3,(H,18,19). The second-order valence-corrected chi connectivity index (χ2v) is 7.59. The van der Waals surface area contributed by atoms with Crippen LogP contribution in [0.2, 0.25) is 0 Å². The molecule has 5 heteroatoms. The largest absolute Gasteiger partial charge is 0.477 e. The Hall–Kier alpha value is -1.33. The maximum atomic E-state index is 11.3. The molecule has 3 N–H and O–H groups in total. The van der Waals surface area contributed by atoms with Crippen LogP contribution in [0.4, 0.5) is 5.69 Å². The van der Waals surface area contributed by atoms with Crippen molar-refractivity contribution in [3.63, 3.8) is 0 Å². The summed E-state index contributed by atoms with van der Waals surface area (Å²) in [5.74, 6) is -0.920. The van der Waals surface area contributed by atoms with E-state index in [0.717, 1.165) is 29.7 Å². The minimum atomic E-state index is -0.920. The first-order chi connectivity index (χ1) is 10.1. The number of carboxylic acid groups (broad SMARTS) is 1. The lowest BCUT2D eigenvalue weighted by Crippen LogP contribution is -1.99. The van der Waals surface area contributed by atoms with Gasteiger partial charge in [0.2, 0.25) is 0 Å². The number of fused-ring (bicyclic) bond motifs is 1. The van der Waals surface area contributed by atoms with Gasteiger partial charge in [-0.25, -0.2) is 4.79 Å². The predicted molar refractivity (Wildman–Crippen MR) is 89.6 cm³/mol. The Morgan fingerprint density at radius 1 is 1.29 bits per heavy atom. The highest BCUT2D eigenvalue weighted by molar-refractivity contribution is 7.23. The van der Waals surface area contributed by atoms with Gasteiger partial charge in [-0.15, -0.1) is 22.7 Å². The molecule has 2 aromatic rings. The number of anilines is 1. The van der Waals surface area contributed by atoms with Crippen LogP contribution in [0.3, 0.4) is 0 Å². The molecule has 1 aliphatic rings. The minimum Gasteiger partial charge on any atom is -0.477 e. The molecule has 1 aliphatic carbocycles. The number of rotatable bonds is 3. The zero-order valence-corrected chi connectivity index (χ0v) is 13.7. The molecule has 0 saturated carbocycles.